The molecule has 0 radical (unpaired) electrons. The minimum Gasteiger partial charge on any atom is -0.393 e. The highest BCUT2D eigenvalue weighted by Crippen LogP contribution is 2.13. The Morgan fingerprint density at radius 2 is 2.17 bits per heavy atom. The van der Waals surface area contributed by atoms with Crippen LogP contribution < -0.4 is 0 Å². The third-order valence-electron chi connectivity index (χ3n) is 2.27. The predicted molar refractivity (Wildman–Crippen MR) is 52.0 cm³/mol. The van der Waals surface area contributed by atoms with Gasteiger partial charge in [-0.15, -0.1) is 0 Å². The maximum Gasteiger partial charge on any atom is 0.0577 e. The fourth-order valence-electron chi connectivity index (χ4n) is 1.41. The van der Waals surface area contributed by atoms with E-state index in [0.29, 0.717) is 0 Å². The van der Waals surface area contributed by atoms with Crippen LogP contribution in [0.1, 0.15) is 39.0 Å². The van der Waals surface area contributed by atoms with E-state index in [0.717, 1.165) is 32.1 Å². The summed E-state index contributed by atoms with van der Waals surface area (Å²) in [5.41, 5.74) is 1.42. The lowest BCUT2D eigenvalue weighted by atomic mass is 10.0. The van der Waals surface area contributed by atoms with Crippen molar-refractivity contribution in [3.05, 3.63) is 23.8 Å². The van der Waals surface area contributed by atoms with Crippen LogP contribution in [0.4, 0.5) is 0 Å². The lowest BCUT2D eigenvalue weighted by Crippen LogP contribution is -2.04. The van der Waals surface area contributed by atoms with Gasteiger partial charge in [0.15, 0.2) is 0 Å². The first-order valence-corrected chi connectivity index (χ1v) is 4.78. The summed E-state index contributed by atoms with van der Waals surface area (Å²) >= 11 is 0. The van der Waals surface area contributed by atoms with Crippen LogP contribution in [-0.2, 0) is 0 Å². The molecule has 68 valence electrons. The smallest absolute Gasteiger partial charge is 0.0577 e. The van der Waals surface area contributed by atoms with Gasteiger partial charge in [-0.25, -0.2) is 0 Å². The quantitative estimate of drug-likeness (QED) is 0.549. The van der Waals surface area contributed by atoms with E-state index >= 15 is 0 Å². The molecule has 1 heteroatoms. The molecular weight excluding hydrogens is 148 g/mol. The van der Waals surface area contributed by atoms with Crippen LogP contribution in [0.2, 0.25) is 0 Å². The van der Waals surface area contributed by atoms with E-state index < -0.39 is 0 Å². The molecule has 0 spiro atoms. The van der Waals surface area contributed by atoms with Crippen molar-refractivity contribution < 1.29 is 5.11 Å². The van der Waals surface area contributed by atoms with E-state index in [1.165, 1.54) is 5.57 Å². The molecule has 1 aliphatic carbocycles. The summed E-state index contributed by atoms with van der Waals surface area (Å²) in [7, 11) is 0. The lowest BCUT2D eigenvalue weighted by molar-refractivity contribution is 0.168. The Balaban J connectivity index is 2.45. The van der Waals surface area contributed by atoms with E-state index in [1.807, 2.05) is 0 Å². The van der Waals surface area contributed by atoms with Crippen molar-refractivity contribution in [2.24, 2.45) is 0 Å². The van der Waals surface area contributed by atoms with E-state index in [1.54, 1.807) is 0 Å². The van der Waals surface area contributed by atoms with Gasteiger partial charge in [-0.2, -0.15) is 0 Å². The van der Waals surface area contributed by atoms with Gasteiger partial charge in [0.05, 0.1) is 6.10 Å². The number of hydrogen-bond acceptors (Lipinski definition) is 1. The Bertz CT molecular complexity index is 179. The molecule has 0 aromatic heterocycles. The van der Waals surface area contributed by atoms with Gasteiger partial charge in [-0.05, 0) is 39.0 Å². The Labute approximate surface area is 74.8 Å². The number of rotatable bonds is 0. The zero-order chi connectivity index (χ0) is 8.81. The molecule has 1 unspecified atom stereocenters. The molecule has 1 nitrogen and oxygen atoms in total. The van der Waals surface area contributed by atoms with Crippen molar-refractivity contribution in [1.82, 2.24) is 0 Å². The maximum atomic E-state index is 9.47. The normalized spacial score (nSPS) is 33.5. The Morgan fingerprint density at radius 1 is 1.33 bits per heavy atom. The van der Waals surface area contributed by atoms with Gasteiger partial charge in [0.1, 0.15) is 0 Å². The number of hydrogen-bond donors (Lipinski definition) is 1. The van der Waals surface area contributed by atoms with Crippen LogP contribution in [-0.4, -0.2) is 11.2 Å². The average molecular weight is 166 g/mol. The number of allylic oxidation sites excluding steroid dienone is 3. The van der Waals surface area contributed by atoms with Gasteiger partial charge in [0.2, 0.25) is 0 Å². The van der Waals surface area contributed by atoms with Gasteiger partial charge in [0, 0.05) is 0 Å². The molecule has 0 amide bonds. The Kier molecular flexibility index (Phi) is 4.09. The van der Waals surface area contributed by atoms with E-state index in [2.05, 4.69) is 25.2 Å². The SMILES string of the molecule is C/C1=C\CC/C=C\CC(O)CC1. The van der Waals surface area contributed by atoms with E-state index in [4.69, 9.17) is 0 Å². The predicted octanol–water partition coefficient (Wildman–Crippen LogP) is 2.81. The average Bonchev–Trinajstić information content (AvgIpc) is 2.07. The zero-order valence-corrected chi connectivity index (χ0v) is 7.79. The molecule has 0 aliphatic heterocycles. The molecule has 1 atom stereocenters. The second kappa shape index (κ2) is 5.15. The van der Waals surface area contributed by atoms with Crippen molar-refractivity contribution in [2.75, 3.05) is 0 Å². The lowest BCUT2D eigenvalue weighted by Gasteiger charge is -2.09. The topological polar surface area (TPSA) is 20.2 Å². The van der Waals surface area contributed by atoms with Gasteiger partial charge < -0.3 is 5.11 Å². The van der Waals surface area contributed by atoms with Gasteiger partial charge >= 0.3 is 0 Å². The molecule has 0 bridgehead atoms. The molecule has 12 heavy (non-hydrogen) atoms. The van der Waals surface area contributed by atoms with E-state index in [9.17, 15) is 5.11 Å². The number of aliphatic hydroxyl groups excluding tert-OH is 1. The van der Waals surface area contributed by atoms with Crippen LogP contribution in [0.5, 0.6) is 0 Å². The van der Waals surface area contributed by atoms with Crippen LogP contribution in [0.3, 0.4) is 0 Å². The first-order chi connectivity index (χ1) is 5.79. The summed E-state index contributed by atoms with van der Waals surface area (Å²) in [6.07, 6.45) is 11.5. The van der Waals surface area contributed by atoms with Gasteiger partial charge in [-0.3, -0.25) is 0 Å². The molecule has 0 saturated heterocycles. The monoisotopic (exact) mass is 166 g/mol. The Morgan fingerprint density at radius 3 is 3.00 bits per heavy atom. The molecule has 0 aromatic rings. The minimum atomic E-state index is -0.136. The van der Waals surface area contributed by atoms with Crippen LogP contribution >= 0.6 is 0 Å². The summed E-state index contributed by atoms with van der Waals surface area (Å²) < 4.78 is 0. The maximum absolute atomic E-state index is 9.47. The molecule has 0 saturated carbocycles. The summed E-state index contributed by atoms with van der Waals surface area (Å²) in [6, 6.07) is 0. The third kappa shape index (κ3) is 3.72. The highest BCUT2D eigenvalue weighted by atomic mass is 16.3. The summed E-state index contributed by atoms with van der Waals surface area (Å²) in [5.74, 6) is 0. The van der Waals surface area contributed by atoms with Crippen molar-refractivity contribution in [3.63, 3.8) is 0 Å². The fraction of sp³-hybridized carbons (Fsp3) is 0.636. The second-order valence-corrected chi connectivity index (χ2v) is 3.53. The zero-order valence-electron chi connectivity index (χ0n) is 7.79. The third-order valence-corrected chi connectivity index (χ3v) is 2.27. The highest BCUT2D eigenvalue weighted by molar-refractivity contribution is 5.01. The van der Waals surface area contributed by atoms with Crippen LogP contribution in [0.25, 0.3) is 0 Å². The molecule has 1 N–H and O–H groups in total. The first-order valence-electron chi connectivity index (χ1n) is 4.78. The largest absolute Gasteiger partial charge is 0.393 e. The van der Waals surface area contributed by atoms with Crippen molar-refractivity contribution in [3.8, 4) is 0 Å². The highest BCUT2D eigenvalue weighted by Gasteiger charge is 2.02. The number of aliphatic hydroxyl groups is 1. The molecule has 1 rings (SSSR count). The summed E-state index contributed by atoms with van der Waals surface area (Å²) in [5, 5.41) is 9.47. The summed E-state index contributed by atoms with van der Waals surface area (Å²) in [4.78, 5) is 0. The van der Waals surface area contributed by atoms with E-state index in [-0.39, 0.29) is 6.10 Å². The molecule has 0 heterocycles. The molecule has 0 fully saturated rings. The standard InChI is InChI=1S/C11H18O/c1-10-6-4-2-3-5-7-11(12)9-8-10/h3,5-6,11-12H,2,4,7-9H2,1H3/b5-3-,10-6+. The van der Waals surface area contributed by atoms with Crippen LogP contribution in [0.15, 0.2) is 23.8 Å². The minimum absolute atomic E-state index is 0.136. The molecular formula is C11H18O. The second-order valence-electron chi connectivity index (χ2n) is 3.53. The fourth-order valence-corrected chi connectivity index (χ4v) is 1.41. The molecule has 0 aromatic carbocycles. The van der Waals surface area contributed by atoms with Crippen molar-refractivity contribution >= 4 is 0 Å². The molecule has 1 aliphatic rings. The van der Waals surface area contributed by atoms with Gasteiger partial charge in [0.25, 0.3) is 0 Å². The summed E-state index contributed by atoms with van der Waals surface area (Å²) in [6.45, 7) is 2.15. The van der Waals surface area contributed by atoms with Crippen LogP contribution in [0, 0.1) is 0 Å². The first kappa shape index (κ1) is 9.53. The van der Waals surface area contributed by atoms with Crippen molar-refractivity contribution in [2.45, 2.75) is 45.1 Å². The van der Waals surface area contributed by atoms with Crippen molar-refractivity contribution in [1.29, 1.82) is 0 Å². The van der Waals surface area contributed by atoms with Gasteiger partial charge in [-0.1, -0.05) is 23.8 Å². The Hall–Kier alpha value is -0.560.